The van der Waals surface area contributed by atoms with Crippen LogP contribution in [0.25, 0.3) is 0 Å². The zero-order valence-electron chi connectivity index (χ0n) is 18.6. The lowest BCUT2D eigenvalue weighted by molar-refractivity contribution is -0.125. The fourth-order valence-electron chi connectivity index (χ4n) is 4.16. The molecule has 2 saturated heterocycles. The largest absolute Gasteiger partial charge is 0.369 e. The maximum Gasteiger partial charge on any atom is 0.225 e. The van der Waals surface area contributed by atoms with Gasteiger partial charge in [-0.15, -0.1) is 0 Å². The van der Waals surface area contributed by atoms with Crippen molar-refractivity contribution in [3.8, 4) is 0 Å². The summed E-state index contributed by atoms with van der Waals surface area (Å²) in [4.78, 5) is 26.4. The summed E-state index contributed by atoms with van der Waals surface area (Å²) >= 11 is 1.99. The molecule has 1 N–H and O–H groups in total. The molecular weight excluding hydrogens is 406 g/mol. The van der Waals surface area contributed by atoms with Gasteiger partial charge in [-0.3, -0.25) is 4.79 Å². The van der Waals surface area contributed by atoms with Crippen LogP contribution in [0.5, 0.6) is 0 Å². The van der Waals surface area contributed by atoms with E-state index in [1.807, 2.05) is 24.2 Å². The third kappa shape index (κ3) is 5.70. The van der Waals surface area contributed by atoms with Gasteiger partial charge in [-0.2, -0.15) is 11.8 Å². The van der Waals surface area contributed by atoms with E-state index in [1.54, 1.807) is 0 Å². The van der Waals surface area contributed by atoms with Crippen molar-refractivity contribution in [1.82, 2.24) is 15.3 Å². The van der Waals surface area contributed by atoms with Crippen LogP contribution >= 0.6 is 11.8 Å². The lowest BCUT2D eigenvalue weighted by Gasteiger charge is -2.33. The van der Waals surface area contributed by atoms with Gasteiger partial charge in [0.2, 0.25) is 11.9 Å². The first-order valence-corrected chi connectivity index (χ1v) is 12.5. The molecule has 6 nitrogen and oxygen atoms in total. The predicted molar refractivity (Wildman–Crippen MR) is 129 cm³/mol. The maximum absolute atomic E-state index is 12.6. The molecule has 0 radical (unpaired) electrons. The highest BCUT2D eigenvalue weighted by molar-refractivity contribution is 7.99. The highest BCUT2D eigenvalue weighted by Crippen LogP contribution is 2.24. The number of rotatable bonds is 6. The van der Waals surface area contributed by atoms with Gasteiger partial charge in [-0.1, -0.05) is 38.1 Å². The molecule has 2 aromatic rings. The van der Waals surface area contributed by atoms with Crippen molar-refractivity contribution in [2.75, 3.05) is 47.5 Å². The molecule has 2 aliphatic rings. The monoisotopic (exact) mass is 439 g/mol. The molecule has 1 aromatic carbocycles. The Bertz CT molecular complexity index is 841. The average Bonchev–Trinajstić information content (AvgIpc) is 2.83. The second-order valence-corrected chi connectivity index (χ2v) is 9.94. The van der Waals surface area contributed by atoms with Crippen LogP contribution in [0.4, 0.5) is 11.6 Å². The minimum absolute atomic E-state index is 0.0808. The van der Waals surface area contributed by atoms with E-state index in [4.69, 9.17) is 0 Å². The fraction of sp³-hybridized carbons (Fsp3) is 0.542. The lowest BCUT2D eigenvalue weighted by atomic mass is 9.95. The van der Waals surface area contributed by atoms with E-state index in [0.717, 1.165) is 67.7 Å². The molecule has 7 heteroatoms. The number of aromatic nitrogens is 2. The van der Waals surface area contributed by atoms with Crippen molar-refractivity contribution in [1.29, 1.82) is 0 Å². The number of piperidine rings is 1. The average molecular weight is 440 g/mol. The second kappa shape index (κ2) is 10.4. The van der Waals surface area contributed by atoms with E-state index in [2.05, 4.69) is 63.2 Å². The molecule has 0 bridgehead atoms. The minimum Gasteiger partial charge on any atom is -0.369 e. The van der Waals surface area contributed by atoms with E-state index in [-0.39, 0.29) is 11.8 Å². The molecule has 166 valence electrons. The van der Waals surface area contributed by atoms with Gasteiger partial charge in [-0.25, -0.2) is 9.97 Å². The Morgan fingerprint density at radius 2 is 1.68 bits per heavy atom. The minimum atomic E-state index is 0.0808. The summed E-state index contributed by atoms with van der Waals surface area (Å²) in [7, 11) is 0. The lowest BCUT2D eigenvalue weighted by Crippen LogP contribution is -2.40. The Balaban J connectivity index is 1.23. The van der Waals surface area contributed by atoms with E-state index >= 15 is 0 Å². The first kappa shape index (κ1) is 21.9. The van der Waals surface area contributed by atoms with Gasteiger partial charge in [0.05, 0.1) is 18.1 Å². The number of hydrogen-bond acceptors (Lipinski definition) is 6. The Kier molecular flexibility index (Phi) is 7.33. The van der Waals surface area contributed by atoms with E-state index in [9.17, 15) is 4.79 Å². The van der Waals surface area contributed by atoms with Crippen LogP contribution in [0.1, 0.15) is 43.7 Å². The number of anilines is 2. The number of nitrogens with zero attached hydrogens (tertiary/aromatic N) is 4. The van der Waals surface area contributed by atoms with Crippen molar-refractivity contribution in [2.24, 2.45) is 5.92 Å². The van der Waals surface area contributed by atoms with Gasteiger partial charge in [0.1, 0.15) is 0 Å². The number of hydrogen-bond donors (Lipinski definition) is 1. The van der Waals surface area contributed by atoms with Gasteiger partial charge >= 0.3 is 0 Å². The van der Waals surface area contributed by atoms with E-state index in [1.165, 1.54) is 5.56 Å². The zero-order chi connectivity index (χ0) is 21.6. The van der Waals surface area contributed by atoms with Crippen molar-refractivity contribution in [3.05, 3.63) is 47.8 Å². The topological polar surface area (TPSA) is 61.4 Å². The number of carbonyl (C=O) groups is 1. The molecule has 2 aliphatic heterocycles. The molecule has 0 spiro atoms. The highest BCUT2D eigenvalue weighted by atomic mass is 32.2. The van der Waals surface area contributed by atoms with Gasteiger partial charge in [-0.05, 0) is 29.9 Å². The second-order valence-electron chi connectivity index (χ2n) is 8.72. The zero-order valence-corrected chi connectivity index (χ0v) is 19.4. The van der Waals surface area contributed by atoms with Gasteiger partial charge < -0.3 is 15.1 Å². The van der Waals surface area contributed by atoms with Crippen LogP contribution in [0.3, 0.4) is 0 Å². The van der Waals surface area contributed by atoms with Crippen LogP contribution in [-0.4, -0.2) is 53.6 Å². The Hall–Kier alpha value is -2.28. The predicted octanol–water partition coefficient (Wildman–Crippen LogP) is 3.69. The van der Waals surface area contributed by atoms with Crippen LogP contribution in [0.2, 0.25) is 0 Å². The summed E-state index contributed by atoms with van der Waals surface area (Å²) in [6, 6.07) is 8.54. The normalized spacial score (nSPS) is 17.8. The standard InChI is InChI=1S/C24H33N5OS/c1-18(2)20-5-3-19(4-6-20)15-25-23(30)21-7-9-28(10-8-21)22-16-26-24(27-17-22)29-11-13-31-14-12-29/h3-6,16-18,21H,7-15H2,1-2H3,(H,25,30). The Morgan fingerprint density at radius 1 is 1.03 bits per heavy atom. The summed E-state index contributed by atoms with van der Waals surface area (Å²) in [6.45, 7) is 8.75. The first-order chi connectivity index (χ1) is 15.1. The SMILES string of the molecule is CC(C)c1ccc(CNC(=O)C2CCN(c3cnc(N4CCSCC4)nc3)CC2)cc1. The van der Waals surface area contributed by atoms with Gasteiger partial charge in [0.15, 0.2) is 0 Å². The number of carbonyl (C=O) groups excluding carboxylic acids is 1. The van der Waals surface area contributed by atoms with Gasteiger partial charge in [0, 0.05) is 50.1 Å². The molecule has 0 unspecified atom stereocenters. The molecule has 1 aromatic heterocycles. The van der Waals surface area contributed by atoms with E-state index < -0.39 is 0 Å². The quantitative estimate of drug-likeness (QED) is 0.741. The summed E-state index contributed by atoms with van der Waals surface area (Å²) in [5.74, 6) is 3.90. The summed E-state index contributed by atoms with van der Waals surface area (Å²) < 4.78 is 0. The first-order valence-electron chi connectivity index (χ1n) is 11.4. The van der Waals surface area contributed by atoms with Crippen LogP contribution in [0.15, 0.2) is 36.7 Å². The summed E-state index contributed by atoms with van der Waals surface area (Å²) in [5.41, 5.74) is 3.54. The molecule has 1 amide bonds. The van der Waals surface area contributed by atoms with Crippen LogP contribution in [0, 0.1) is 5.92 Å². The molecular formula is C24H33N5OS. The van der Waals surface area contributed by atoms with Crippen LogP contribution in [-0.2, 0) is 11.3 Å². The van der Waals surface area contributed by atoms with Crippen molar-refractivity contribution < 1.29 is 4.79 Å². The smallest absolute Gasteiger partial charge is 0.225 e. The number of benzene rings is 1. The molecule has 2 fully saturated rings. The molecule has 0 saturated carbocycles. The third-order valence-electron chi connectivity index (χ3n) is 6.26. The Labute approximate surface area is 189 Å². The van der Waals surface area contributed by atoms with Crippen molar-refractivity contribution in [3.63, 3.8) is 0 Å². The third-order valence-corrected chi connectivity index (χ3v) is 7.21. The number of nitrogens with one attached hydrogen (secondary N) is 1. The van der Waals surface area contributed by atoms with Crippen LogP contribution < -0.4 is 15.1 Å². The molecule has 3 heterocycles. The van der Waals surface area contributed by atoms with Gasteiger partial charge in [0.25, 0.3) is 0 Å². The molecule has 0 atom stereocenters. The molecule has 4 rings (SSSR count). The Morgan fingerprint density at radius 3 is 2.29 bits per heavy atom. The van der Waals surface area contributed by atoms with Crippen molar-refractivity contribution in [2.45, 2.75) is 39.2 Å². The summed E-state index contributed by atoms with van der Waals surface area (Å²) in [6.07, 6.45) is 5.60. The summed E-state index contributed by atoms with van der Waals surface area (Å²) in [5, 5.41) is 3.13. The maximum atomic E-state index is 12.6. The van der Waals surface area contributed by atoms with E-state index in [0.29, 0.717) is 12.5 Å². The number of thioether (sulfide) groups is 1. The molecule has 31 heavy (non-hydrogen) atoms. The molecule has 0 aliphatic carbocycles. The highest BCUT2D eigenvalue weighted by Gasteiger charge is 2.25. The van der Waals surface area contributed by atoms with Crippen molar-refractivity contribution >= 4 is 29.3 Å². The number of amides is 1. The fourth-order valence-corrected chi connectivity index (χ4v) is 5.06.